The third-order valence-electron chi connectivity index (χ3n) is 5.43. The number of piperazine rings is 1. The van der Waals surface area contributed by atoms with Crippen molar-refractivity contribution in [1.82, 2.24) is 9.21 Å². The largest absolute Gasteiger partial charge is 0.325 e. The number of aryl methyl sites for hydroxylation is 2. The van der Waals surface area contributed by atoms with E-state index in [1.807, 2.05) is 24.8 Å². The number of benzene rings is 2. The number of hydrogen-bond acceptors (Lipinski definition) is 4. The maximum absolute atomic E-state index is 13.0. The van der Waals surface area contributed by atoms with Gasteiger partial charge in [0.15, 0.2) is 0 Å². The lowest BCUT2D eigenvalue weighted by atomic mass is 10.1. The molecular formula is C21H26FN3O3S. The van der Waals surface area contributed by atoms with Crippen LogP contribution in [0.4, 0.5) is 10.1 Å². The average Bonchev–Trinajstić information content (AvgIpc) is 2.71. The maximum atomic E-state index is 13.0. The Labute approximate surface area is 171 Å². The predicted octanol–water partition coefficient (Wildman–Crippen LogP) is 2.78. The summed E-state index contributed by atoms with van der Waals surface area (Å²) in [6.45, 7) is 7.19. The fourth-order valence-corrected chi connectivity index (χ4v) is 4.81. The van der Waals surface area contributed by atoms with Gasteiger partial charge in [0.1, 0.15) is 5.82 Å². The van der Waals surface area contributed by atoms with E-state index in [2.05, 4.69) is 5.32 Å². The number of carbonyl (C=O) groups is 1. The van der Waals surface area contributed by atoms with Gasteiger partial charge in [-0.2, -0.15) is 4.31 Å². The van der Waals surface area contributed by atoms with E-state index < -0.39 is 16.1 Å². The fourth-order valence-electron chi connectivity index (χ4n) is 3.30. The Balaban J connectivity index is 1.61. The molecule has 1 N–H and O–H groups in total. The Kier molecular flexibility index (Phi) is 6.36. The van der Waals surface area contributed by atoms with Gasteiger partial charge in [-0.05, 0) is 68.3 Å². The first kappa shape index (κ1) is 21.4. The van der Waals surface area contributed by atoms with Crippen molar-refractivity contribution in [3.8, 4) is 0 Å². The molecule has 1 aliphatic rings. The molecule has 0 aliphatic carbocycles. The topological polar surface area (TPSA) is 69.7 Å². The number of carbonyl (C=O) groups excluding carboxylic acids is 1. The van der Waals surface area contributed by atoms with Crippen LogP contribution >= 0.6 is 0 Å². The molecule has 6 nitrogen and oxygen atoms in total. The predicted molar refractivity (Wildman–Crippen MR) is 111 cm³/mol. The van der Waals surface area contributed by atoms with E-state index in [-0.39, 0.29) is 11.7 Å². The molecule has 1 saturated heterocycles. The smallest absolute Gasteiger partial charge is 0.243 e. The maximum Gasteiger partial charge on any atom is 0.243 e. The van der Waals surface area contributed by atoms with Crippen LogP contribution in [0.3, 0.4) is 0 Å². The summed E-state index contributed by atoms with van der Waals surface area (Å²) in [4.78, 5) is 14.7. The molecule has 1 heterocycles. The minimum absolute atomic E-state index is 0.206. The molecule has 1 fully saturated rings. The zero-order valence-electron chi connectivity index (χ0n) is 16.9. The van der Waals surface area contributed by atoms with E-state index in [1.165, 1.54) is 28.6 Å². The molecule has 0 radical (unpaired) electrons. The molecule has 3 rings (SSSR count). The summed E-state index contributed by atoms with van der Waals surface area (Å²) in [5.74, 6) is -0.570. The van der Waals surface area contributed by atoms with Crippen molar-refractivity contribution in [2.45, 2.75) is 31.7 Å². The van der Waals surface area contributed by atoms with Gasteiger partial charge < -0.3 is 5.32 Å². The minimum Gasteiger partial charge on any atom is -0.325 e. The number of hydrogen-bond donors (Lipinski definition) is 1. The first-order valence-electron chi connectivity index (χ1n) is 9.56. The zero-order chi connectivity index (χ0) is 21.2. The highest BCUT2D eigenvalue weighted by molar-refractivity contribution is 7.89. The van der Waals surface area contributed by atoms with E-state index in [9.17, 15) is 17.6 Å². The van der Waals surface area contributed by atoms with Crippen molar-refractivity contribution < 1.29 is 17.6 Å². The van der Waals surface area contributed by atoms with Crippen LogP contribution in [0, 0.1) is 19.7 Å². The molecule has 0 unspecified atom stereocenters. The monoisotopic (exact) mass is 419 g/mol. The second-order valence-corrected chi connectivity index (χ2v) is 9.30. The molecule has 1 aliphatic heterocycles. The first-order valence-corrected chi connectivity index (χ1v) is 11.0. The Morgan fingerprint density at radius 2 is 1.62 bits per heavy atom. The molecule has 2 aromatic rings. The number of anilines is 1. The van der Waals surface area contributed by atoms with Crippen LogP contribution in [-0.4, -0.2) is 55.8 Å². The van der Waals surface area contributed by atoms with Gasteiger partial charge in [-0.15, -0.1) is 0 Å². The number of sulfonamides is 1. The number of nitrogens with one attached hydrogen (secondary N) is 1. The lowest BCUT2D eigenvalue weighted by molar-refractivity contribution is -0.121. The molecule has 2 aromatic carbocycles. The Bertz CT molecular complexity index is 985. The van der Waals surface area contributed by atoms with Crippen LogP contribution in [0.2, 0.25) is 0 Å². The van der Waals surface area contributed by atoms with E-state index in [4.69, 9.17) is 0 Å². The van der Waals surface area contributed by atoms with Gasteiger partial charge in [-0.1, -0.05) is 6.07 Å². The average molecular weight is 420 g/mol. The van der Waals surface area contributed by atoms with Crippen molar-refractivity contribution in [2.75, 3.05) is 31.5 Å². The minimum atomic E-state index is -3.55. The summed E-state index contributed by atoms with van der Waals surface area (Å²) in [5.41, 5.74) is 2.52. The van der Waals surface area contributed by atoms with E-state index in [0.717, 1.165) is 11.1 Å². The highest BCUT2D eigenvalue weighted by atomic mass is 32.2. The lowest BCUT2D eigenvalue weighted by Gasteiger charge is -2.36. The highest BCUT2D eigenvalue weighted by Crippen LogP contribution is 2.21. The molecule has 0 saturated carbocycles. The van der Waals surface area contributed by atoms with Gasteiger partial charge in [-0.3, -0.25) is 9.69 Å². The lowest BCUT2D eigenvalue weighted by Crippen LogP contribution is -2.53. The molecule has 1 amide bonds. The van der Waals surface area contributed by atoms with Crippen LogP contribution in [0.1, 0.15) is 18.1 Å². The number of nitrogens with zero attached hydrogens (tertiary/aromatic N) is 2. The van der Waals surface area contributed by atoms with Gasteiger partial charge in [-0.25, -0.2) is 12.8 Å². The molecule has 8 heteroatoms. The van der Waals surface area contributed by atoms with Crippen molar-refractivity contribution in [1.29, 1.82) is 0 Å². The van der Waals surface area contributed by atoms with Crippen molar-refractivity contribution >= 4 is 21.6 Å². The zero-order valence-corrected chi connectivity index (χ0v) is 17.7. The Morgan fingerprint density at radius 1 is 1.00 bits per heavy atom. The summed E-state index contributed by atoms with van der Waals surface area (Å²) >= 11 is 0. The first-order chi connectivity index (χ1) is 13.7. The standard InChI is InChI=1S/C21H26FN3O3S/c1-15-4-9-20(14-16(15)2)29(27,28)25-12-10-24(11-13-25)17(3)21(26)23-19-7-5-18(22)6-8-19/h4-9,14,17H,10-13H2,1-3H3,(H,23,26)/t17-/m0/s1. The summed E-state index contributed by atoms with van der Waals surface area (Å²) < 4.78 is 40.3. The van der Waals surface area contributed by atoms with Gasteiger partial charge in [0.25, 0.3) is 0 Å². The third kappa shape index (κ3) is 4.83. The molecule has 0 bridgehead atoms. The molecular weight excluding hydrogens is 393 g/mol. The Morgan fingerprint density at radius 3 is 2.21 bits per heavy atom. The number of rotatable bonds is 5. The second-order valence-electron chi connectivity index (χ2n) is 7.36. The normalized spacial score (nSPS) is 17.1. The van der Waals surface area contributed by atoms with Crippen molar-refractivity contribution in [2.24, 2.45) is 0 Å². The highest BCUT2D eigenvalue weighted by Gasteiger charge is 2.32. The number of halogens is 1. The van der Waals surface area contributed by atoms with Gasteiger partial charge in [0, 0.05) is 31.9 Å². The van der Waals surface area contributed by atoms with Gasteiger partial charge in [0.2, 0.25) is 15.9 Å². The van der Waals surface area contributed by atoms with Crippen LogP contribution in [0.15, 0.2) is 47.4 Å². The molecule has 0 spiro atoms. The van der Waals surface area contributed by atoms with Crippen molar-refractivity contribution in [3.63, 3.8) is 0 Å². The Hall–Kier alpha value is -2.29. The molecule has 1 atom stereocenters. The van der Waals surface area contributed by atoms with E-state index in [1.54, 1.807) is 19.1 Å². The van der Waals surface area contributed by atoms with E-state index >= 15 is 0 Å². The van der Waals surface area contributed by atoms with Crippen LogP contribution < -0.4 is 5.32 Å². The van der Waals surface area contributed by atoms with Gasteiger partial charge in [0.05, 0.1) is 10.9 Å². The van der Waals surface area contributed by atoms with Crippen LogP contribution in [0.25, 0.3) is 0 Å². The summed E-state index contributed by atoms with van der Waals surface area (Å²) in [5, 5.41) is 2.77. The fraction of sp³-hybridized carbons (Fsp3) is 0.381. The molecule has 29 heavy (non-hydrogen) atoms. The van der Waals surface area contributed by atoms with Crippen LogP contribution in [0.5, 0.6) is 0 Å². The molecule has 0 aromatic heterocycles. The van der Waals surface area contributed by atoms with Crippen molar-refractivity contribution in [3.05, 3.63) is 59.4 Å². The van der Waals surface area contributed by atoms with Gasteiger partial charge >= 0.3 is 0 Å². The van der Waals surface area contributed by atoms with E-state index in [0.29, 0.717) is 36.8 Å². The quantitative estimate of drug-likeness (QED) is 0.809. The summed E-state index contributed by atoms with van der Waals surface area (Å²) in [7, 11) is -3.55. The summed E-state index contributed by atoms with van der Waals surface area (Å²) in [6, 6.07) is 10.3. The summed E-state index contributed by atoms with van der Waals surface area (Å²) in [6.07, 6.45) is 0. The third-order valence-corrected chi connectivity index (χ3v) is 7.32. The van der Waals surface area contributed by atoms with Crippen LogP contribution in [-0.2, 0) is 14.8 Å². The SMILES string of the molecule is Cc1ccc(S(=O)(=O)N2CCN([C@@H](C)C(=O)Nc3ccc(F)cc3)CC2)cc1C. The molecule has 156 valence electrons. The second kappa shape index (κ2) is 8.61. The number of amides is 1.